The average Bonchev–Trinajstić information content (AvgIpc) is 3.34. The first-order valence-corrected chi connectivity index (χ1v) is 11.8. The van der Waals surface area contributed by atoms with Crippen molar-refractivity contribution in [3.63, 3.8) is 0 Å². The topological polar surface area (TPSA) is 76.0 Å². The van der Waals surface area contributed by atoms with Crippen LogP contribution in [-0.2, 0) is 6.18 Å². The van der Waals surface area contributed by atoms with Crippen molar-refractivity contribution in [1.82, 2.24) is 20.0 Å². The molecule has 2 aromatic rings. The highest BCUT2D eigenvalue weighted by Crippen LogP contribution is 2.38. The zero-order valence-electron chi connectivity index (χ0n) is 19.5. The summed E-state index contributed by atoms with van der Waals surface area (Å²) in [6.45, 7) is 6.19. The third-order valence-corrected chi connectivity index (χ3v) is 7.03. The number of nitrogens with one attached hydrogen (secondary N) is 1. The summed E-state index contributed by atoms with van der Waals surface area (Å²) in [5, 5.41) is 16.7. The molecule has 0 radical (unpaired) electrons. The number of hydrogen-bond acceptors (Lipinski definition) is 3. The molecule has 182 valence electrons. The van der Waals surface area contributed by atoms with Crippen molar-refractivity contribution in [2.24, 2.45) is 5.92 Å². The fourth-order valence-electron chi connectivity index (χ4n) is 4.92. The van der Waals surface area contributed by atoms with Gasteiger partial charge in [-0.1, -0.05) is 26.0 Å². The standard InChI is InChI=1S/C25H30F3N5O/c1-16(2)22-12-23(31-30-22)20-11-19(18-3-5-21(6-4-18)25(26,27)28)14-33(15-20)24(34)32-9-7-17(13-29)8-10-32/h3-6,12,16-17,19-20H,7-11,14-15H2,1-2H3,(H,30,31). The second kappa shape index (κ2) is 9.69. The van der Waals surface area contributed by atoms with Gasteiger partial charge >= 0.3 is 12.2 Å². The third kappa shape index (κ3) is 5.21. The van der Waals surface area contributed by atoms with Crippen molar-refractivity contribution in [2.75, 3.05) is 26.2 Å². The molecule has 0 spiro atoms. The van der Waals surface area contributed by atoms with Crippen LogP contribution in [0.25, 0.3) is 0 Å². The molecule has 2 fully saturated rings. The predicted molar refractivity (Wildman–Crippen MR) is 121 cm³/mol. The van der Waals surface area contributed by atoms with Gasteiger partial charge in [0.25, 0.3) is 0 Å². The summed E-state index contributed by atoms with van der Waals surface area (Å²) < 4.78 is 39.2. The van der Waals surface area contributed by atoms with Gasteiger partial charge in [0, 0.05) is 49.6 Å². The minimum atomic E-state index is -4.38. The van der Waals surface area contributed by atoms with Crippen LogP contribution < -0.4 is 0 Å². The number of alkyl halides is 3. The number of piperidine rings is 2. The Hall–Kier alpha value is -3.02. The van der Waals surface area contributed by atoms with Crippen LogP contribution in [0.3, 0.4) is 0 Å². The first-order valence-electron chi connectivity index (χ1n) is 11.8. The molecular formula is C25H30F3N5O. The van der Waals surface area contributed by atoms with Crippen molar-refractivity contribution in [1.29, 1.82) is 5.26 Å². The van der Waals surface area contributed by atoms with Gasteiger partial charge in [-0.05, 0) is 48.9 Å². The molecule has 34 heavy (non-hydrogen) atoms. The van der Waals surface area contributed by atoms with E-state index in [-0.39, 0.29) is 29.7 Å². The zero-order valence-corrected chi connectivity index (χ0v) is 19.5. The maximum absolute atomic E-state index is 13.4. The van der Waals surface area contributed by atoms with Gasteiger partial charge in [-0.3, -0.25) is 5.10 Å². The molecule has 0 saturated carbocycles. The van der Waals surface area contributed by atoms with Crippen LogP contribution in [0.15, 0.2) is 30.3 Å². The molecule has 2 aliphatic rings. The Balaban J connectivity index is 1.57. The monoisotopic (exact) mass is 473 g/mol. The lowest BCUT2D eigenvalue weighted by molar-refractivity contribution is -0.137. The molecule has 1 aromatic carbocycles. The van der Waals surface area contributed by atoms with E-state index in [1.807, 2.05) is 11.0 Å². The number of hydrogen-bond donors (Lipinski definition) is 1. The van der Waals surface area contributed by atoms with Gasteiger partial charge in [0.2, 0.25) is 0 Å². The van der Waals surface area contributed by atoms with Gasteiger partial charge < -0.3 is 9.80 Å². The van der Waals surface area contributed by atoms with E-state index in [1.54, 1.807) is 4.90 Å². The van der Waals surface area contributed by atoms with Gasteiger partial charge in [0.05, 0.1) is 17.3 Å². The smallest absolute Gasteiger partial charge is 0.325 e. The van der Waals surface area contributed by atoms with E-state index in [0.717, 1.165) is 29.1 Å². The largest absolute Gasteiger partial charge is 0.416 e. The molecule has 4 rings (SSSR count). The van der Waals surface area contributed by atoms with E-state index in [9.17, 15) is 18.0 Å². The maximum atomic E-state index is 13.4. The van der Waals surface area contributed by atoms with Crippen LogP contribution in [-0.4, -0.2) is 52.2 Å². The summed E-state index contributed by atoms with van der Waals surface area (Å²) in [5.74, 6) is 0.157. The number of H-pyrrole nitrogens is 1. The number of benzene rings is 1. The second-order valence-corrected chi connectivity index (χ2v) is 9.73. The number of likely N-dealkylation sites (tertiary alicyclic amines) is 2. The lowest BCUT2D eigenvalue weighted by Gasteiger charge is -2.41. The molecule has 2 aliphatic heterocycles. The summed E-state index contributed by atoms with van der Waals surface area (Å²) in [7, 11) is 0. The highest BCUT2D eigenvalue weighted by atomic mass is 19.4. The van der Waals surface area contributed by atoms with E-state index in [4.69, 9.17) is 5.26 Å². The van der Waals surface area contributed by atoms with Gasteiger partial charge in [-0.2, -0.15) is 23.5 Å². The number of urea groups is 1. The zero-order chi connectivity index (χ0) is 24.5. The van der Waals surface area contributed by atoms with Crippen molar-refractivity contribution < 1.29 is 18.0 Å². The predicted octanol–water partition coefficient (Wildman–Crippen LogP) is 5.48. The van der Waals surface area contributed by atoms with E-state index in [0.29, 0.717) is 45.4 Å². The maximum Gasteiger partial charge on any atom is 0.416 e. The molecule has 3 heterocycles. The number of carbonyl (C=O) groups is 1. The fraction of sp³-hybridized carbons (Fsp3) is 0.560. The molecule has 1 N–H and O–H groups in total. The summed E-state index contributed by atoms with van der Waals surface area (Å²) in [6.07, 6.45) is -2.33. The average molecular weight is 474 g/mol. The van der Waals surface area contributed by atoms with Crippen molar-refractivity contribution >= 4 is 6.03 Å². The normalized spacial score (nSPS) is 22.1. The molecule has 2 atom stereocenters. The number of nitrogens with zero attached hydrogens (tertiary/aromatic N) is 4. The van der Waals surface area contributed by atoms with Gasteiger partial charge in [0.15, 0.2) is 0 Å². The van der Waals surface area contributed by atoms with Crippen LogP contribution in [0, 0.1) is 17.2 Å². The van der Waals surface area contributed by atoms with Crippen molar-refractivity contribution in [3.05, 3.63) is 52.8 Å². The number of carbonyl (C=O) groups excluding carboxylic acids is 1. The fourth-order valence-corrected chi connectivity index (χ4v) is 4.92. The van der Waals surface area contributed by atoms with E-state index < -0.39 is 11.7 Å². The Morgan fingerprint density at radius 3 is 2.32 bits per heavy atom. The second-order valence-electron chi connectivity index (χ2n) is 9.73. The Morgan fingerprint density at radius 1 is 1.12 bits per heavy atom. The molecule has 6 nitrogen and oxygen atoms in total. The van der Waals surface area contributed by atoms with Crippen molar-refractivity contribution in [3.8, 4) is 6.07 Å². The number of amides is 2. The first-order chi connectivity index (χ1) is 16.2. The molecule has 0 aliphatic carbocycles. The quantitative estimate of drug-likeness (QED) is 0.641. The molecular weight excluding hydrogens is 443 g/mol. The molecule has 1 aromatic heterocycles. The number of aromatic amines is 1. The Kier molecular flexibility index (Phi) is 6.87. The molecule has 2 amide bonds. The summed E-state index contributed by atoms with van der Waals surface area (Å²) in [4.78, 5) is 17.0. The SMILES string of the molecule is CC(C)c1cc(C2CC(c3ccc(C(F)(F)F)cc3)CN(C(=O)N3CCC(C#N)CC3)C2)[nH]n1. The van der Waals surface area contributed by atoms with E-state index >= 15 is 0 Å². The molecule has 9 heteroatoms. The number of rotatable bonds is 3. The third-order valence-electron chi connectivity index (χ3n) is 7.03. The highest BCUT2D eigenvalue weighted by Gasteiger charge is 2.36. The van der Waals surface area contributed by atoms with Crippen LogP contribution in [0.2, 0.25) is 0 Å². The van der Waals surface area contributed by atoms with Crippen molar-refractivity contribution in [2.45, 2.75) is 57.0 Å². The lowest BCUT2D eigenvalue weighted by Crippen LogP contribution is -2.51. The van der Waals surface area contributed by atoms with Crippen LogP contribution in [0.1, 0.15) is 73.4 Å². The number of aromatic nitrogens is 2. The highest BCUT2D eigenvalue weighted by molar-refractivity contribution is 5.75. The minimum absolute atomic E-state index is 0.00152. The van der Waals surface area contributed by atoms with Crippen LogP contribution in [0.5, 0.6) is 0 Å². The molecule has 2 unspecified atom stereocenters. The Labute approximate surface area is 197 Å². The van der Waals surface area contributed by atoms with Crippen LogP contribution in [0.4, 0.5) is 18.0 Å². The van der Waals surface area contributed by atoms with Gasteiger partial charge in [-0.15, -0.1) is 0 Å². The number of nitriles is 1. The van der Waals surface area contributed by atoms with Crippen LogP contribution >= 0.6 is 0 Å². The Bertz CT molecular complexity index is 1030. The minimum Gasteiger partial charge on any atom is -0.325 e. The Morgan fingerprint density at radius 2 is 1.76 bits per heavy atom. The summed E-state index contributed by atoms with van der Waals surface area (Å²) in [5.41, 5.74) is 2.01. The van der Waals surface area contributed by atoms with Gasteiger partial charge in [0.1, 0.15) is 0 Å². The van der Waals surface area contributed by atoms with Gasteiger partial charge in [-0.25, -0.2) is 4.79 Å². The molecule has 2 saturated heterocycles. The number of halogens is 3. The summed E-state index contributed by atoms with van der Waals surface area (Å²) >= 11 is 0. The first kappa shape index (κ1) is 24.1. The summed E-state index contributed by atoms with van der Waals surface area (Å²) in [6, 6.07) is 9.54. The van der Waals surface area contributed by atoms with E-state index in [2.05, 4.69) is 30.1 Å². The molecule has 0 bridgehead atoms. The lowest BCUT2D eigenvalue weighted by atomic mass is 9.82. The van der Waals surface area contributed by atoms with E-state index in [1.165, 1.54) is 12.1 Å².